The summed E-state index contributed by atoms with van der Waals surface area (Å²) in [5.74, 6) is 0.562. The van der Waals surface area contributed by atoms with E-state index in [2.05, 4.69) is 17.1 Å². The quantitative estimate of drug-likeness (QED) is 0.792. The predicted molar refractivity (Wildman–Crippen MR) is 80.6 cm³/mol. The molecule has 21 heavy (non-hydrogen) atoms. The van der Waals surface area contributed by atoms with Crippen molar-refractivity contribution in [3.05, 3.63) is 24.3 Å². The maximum Gasteiger partial charge on any atom is 0.313 e. The number of benzene rings is 1. The zero-order valence-corrected chi connectivity index (χ0v) is 12.8. The average Bonchev–Trinajstić information content (AvgIpc) is 2.84. The van der Waals surface area contributed by atoms with E-state index in [1.54, 1.807) is 4.57 Å². The van der Waals surface area contributed by atoms with Crippen molar-refractivity contribution >= 4 is 17.7 Å². The number of aromatic nitrogens is 3. The minimum atomic E-state index is -0.875. The van der Waals surface area contributed by atoms with Gasteiger partial charge >= 0.3 is 5.97 Å². The molecule has 2 aromatic rings. The number of hydrogen-bond donors (Lipinski definition) is 1. The molecule has 0 amide bonds. The molecule has 0 aliphatic rings. The molecule has 0 aliphatic heterocycles. The first-order valence-electron chi connectivity index (χ1n) is 6.59. The number of nitrogens with zero attached hydrogens (tertiary/aromatic N) is 3. The largest absolute Gasteiger partial charge is 0.494 e. The van der Waals surface area contributed by atoms with Crippen molar-refractivity contribution in [1.82, 2.24) is 14.8 Å². The van der Waals surface area contributed by atoms with Crippen LogP contribution in [0.4, 0.5) is 0 Å². The van der Waals surface area contributed by atoms with Crippen LogP contribution in [0.1, 0.15) is 13.3 Å². The number of carbonyl (C=O) groups is 1. The van der Waals surface area contributed by atoms with Crippen LogP contribution >= 0.6 is 11.8 Å². The van der Waals surface area contributed by atoms with Crippen molar-refractivity contribution in [2.24, 2.45) is 7.05 Å². The fourth-order valence-electron chi connectivity index (χ4n) is 1.76. The molecule has 1 heterocycles. The van der Waals surface area contributed by atoms with E-state index in [0.29, 0.717) is 17.6 Å². The summed E-state index contributed by atoms with van der Waals surface area (Å²) in [7, 11) is 1.82. The molecule has 0 unspecified atom stereocenters. The van der Waals surface area contributed by atoms with Gasteiger partial charge in [0.1, 0.15) is 5.75 Å². The molecule has 2 rings (SSSR count). The molecule has 0 bridgehead atoms. The molecule has 0 radical (unpaired) electrons. The number of aliphatic carboxylic acids is 1. The van der Waals surface area contributed by atoms with Gasteiger partial charge in [-0.25, -0.2) is 0 Å². The van der Waals surface area contributed by atoms with E-state index in [0.717, 1.165) is 29.5 Å². The predicted octanol–water partition coefficient (Wildman–Crippen LogP) is 2.45. The fourth-order valence-corrected chi connectivity index (χ4v) is 2.39. The summed E-state index contributed by atoms with van der Waals surface area (Å²) in [6.45, 7) is 2.72. The van der Waals surface area contributed by atoms with Crippen LogP contribution in [0.25, 0.3) is 11.4 Å². The summed E-state index contributed by atoms with van der Waals surface area (Å²) >= 11 is 1.15. The van der Waals surface area contributed by atoms with Crippen LogP contribution in [0.2, 0.25) is 0 Å². The van der Waals surface area contributed by atoms with Crippen molar-refractivity contribution in [3.8, 4) is 17.1 Å². The zero-order valence-electron chi connectivity index (χ0n) is 11.9. The summed E-state index contributed by atoms with van der Waals surface area (Å²) < 4.78 is 7.39. The number of rotatable bonds is 7. The highest BCUT2D eigenvalue weighted by Crippen LogP contribution is 2.25. The van der Waals surface area contributed by atoms with E-state index in [9.17, 15) is 4.79 Å². The molecule has 1 N–H and O–H groups in total. The van der Waals surface area contributed by atoms with Crippen molar-refractivity contribution < 1.29 is 14.6 Å². The Bertz CT molecular complexity index is 628. The molecular formula is C14H17N3O3S. The van der Waals surface area contributed by atoms with Gasteiger partial charge in [0.05, 0.1) is 12.4 Å². The second kappa shape index (κ2) is 7.12. The highest BCUT2D eigenvalue weighted by atomic mass is 32.2. The third kappa shape index (κ3) is 3.98. The first kappa shape index (κ1) is 15.4. The van der Waals surface area contributed by atoms with Gasteiger partial charge in [-0.05, 0) is 18.6 Å². The summed E-state index contributed by atoms with van der Waals surface area (Å²) in [4.78, 5) is 10.6. The van der Waals surface area contributed by atoms with Crippen LogP contribution in [0, 0.1) is 0 Å². The molecule has 0 aliphatic carbocycles. The van der Waals surface area contributed by atoms with Crippen LogP contribution in [0.5, 0.6) is 5.75 Å². The lowest BCUT2D eigenvalue weighted by molar-refractivity contribution is -0.133. The van der Waals surface area contributed by atoms with Gasteiger partial charge in [0.25, 0.3) is 0 Å². The molecule has 1 aromatic carbocycles. The Hall–Kier alpha value is -2.02. The van der Waals surface area contributed by atoms with Crippen molar-refractivity contribution in [2.45, 2.75) is 18.5 Å². The average molecular weight is 307 g/mol. The second-order valence-corrected chi connectivity index (χ2v) is 5.37. The van der Waals surface area contributed by atoms with Gasteiger partial charge in [-0.3, -0.25) is 4.79 Å². The minimum Gasteiger partial charge on any atom is -0.494 e. The number of thioether (sulfide) groups is 1. The maximum absolute atomic E-state index is 10.6. The van der Waals surface area contributed by atoms with Crippen LogP contribution in [0.3, 0.4) is 0 Å². The summed E-state index contributed by atoms with van der Waals surface area (Å²) in [5.41, 5.74) is 0.890. The third-order valence-electron chi connectivity index (χ3n) is 2.72. The lowest BCUT2D eigenvalue weighted by Gasteiger charge is -2.07. The van der Waals surface area contributed by atoms with E-state index in [1.165, 1.54) is 0 Å². The first-order chi connectivity index (χ1) is 10.1. The summed E-state index contributed by atoms with van der Waals surface area (Å²) in [6, 6.07) is 7.63. The van der Waals surface area contributed by atoms with E-state index in [-0.39, 0.29) is 5.75 Å². The molecule has 0 spiro atoms. The fraction of sp³-hybridized carbons (Fsp3) is 0.357. The zero-order chi connectivity index (χ0) is 15.2. The molecular weight excluding hydrogens is 290 g/mol. The number of carboxylic acid groups (broad SMARTS) is 1. The highest BCUT2D eigenvalue weighted by molar-refractivity contribution is 7.99. The molecule has 1 aromatic heterocycles. The van der Waals surface area contributed by atoms with Gasteiger partial charge in [0.2, 0.25) is 0 Å². The smallest absolute Gasteiger partial charge is 0.313 e. The van der Waals surface area contributed by atoms with Gasteiger partial charge < -0.3 is 14.4 Å². The summed E-state index contributed by atoms with van der Waals surface area (Å²) in [6.07, 6.45) is 0.949. The van der Waals surface area contributed by atoms with Crippen molar-refractivity contribution in [1.29, 1.82) is 0 Å². The molecule has 6 nitrogen and oxygen atoms in total. The van der Waals surface area contributed by atoms with Gasteiger partial charge in [0, 0.05) is 12.6 Å². The standard InChI is InChI=1S/C14H17N3O3S/c1-3-7-20-11-6-4-5-10(8-11)13-15-16-14(17(13)2)21-9-12(18)19/h4-6,8H,3,7,9H2,1-2H3,(H,18,19). The monoisotopic (exact) mass is 307 g/mol. The normalized spacial score (nSPS) is 10.6. The molecule has 112 valence electrons. The third-order valence-corrected chi connectivity index (χ3v) is 3.73. The van der Waals surface area contributed by atoms with E-state index in [4.69, 9.17) is 9.84 Å². The van der Waals surface area contributed by atoms with Crippen molar-refractivity contribution in [2.75, 3.05) is 12.4 Å². The maximum atomic E-state index is 10.6. The van der Waals surface area contributed by atoms with Crippen LogP contribution < -0.4 is 4.74 Å². The second-order valence-electron chi connectivity index (χ2n) is 4.42. The molecule has 0 atom stereocenters. The molecule has 0 saturated heterocycles. The SMILES string of the molecule is CCCOc1cccc(-c2nnc(SCC(=O)O)n2C)c1. The van der Waals surface area contributed by atoms with E-state index in [1.807, 2.05) is 31.3 Å². The Morgan fingerprint density at radius 3 is 2.95 bits per heavy atom. The number of hydrogen-bond acceptors (Lipinski definition) is 5. The van der Waals surface area contributed by atoms with E-state index >= 15 is 0 Å². The Morgan fingerprint density at radius 1 is 1.43 bits per heavy atom. The Labute approximate surface area is 127 Å². The molecule has 7 heteroatoms. The number of carboxylic acids is 1. The van der Waals surface area contributed by atoms with Gasteiger partial charge in [-0.15, -0.1) is 10.2 Å². The van der Waals surface area contributed by atoms with Crippen molar-refractivity contribution in [3.63, 3.8) is 0 Å². The topological polar surface area (TPSA) is 77.2 Å². The number of ether oxygens (including phenoxy) is 1. The highest BCUT2D eigenvalue weighted by Gasteiger charge is 2.13. The summed E-state index contributed by atoms with van der Waals surface area (Å²) in [5, 5.41) is 17.4. The lowest BCUT2D eigenvalue weighted by Crippen LogP contribution is -2.01. The first-order valence-corrected chi connectivity index (χ1v) is 7.57. The van der Waals surface area contributed by atoms with Gasteiger partial charge in [-0.1, -0.05) is 30.8 Å². The minimum absolute atomic E-state index is 0.0361. The van der Waals surface area contributed by atoms with Crippen LogP contribution in [0.15, 0.2) is 29.4 Å². The van der Waals surface area contributed by atoms with Crippen LogP contribution in [-0.4, -0.2) is 38.2 Å². The van der Waals surface area contributed by atoms with E-state index < -0.39 is 5.97 Å². The Kier molecular flexibility index (Phi) is 5.21. The van der Waals surface area contributed by atoms with Crippen LogP contribution in [-0.2, 0) is 11.8 Å². The Balaban J connectivity index is 2.20. The molecule has 0 fully saturated rings. The Morgan fingerprint density at radius 2 is 2.24 bits per heavy atom. The lowest BCUT2D eigenvalue weighted by atomic mass is 10.2. The van der Waals surface area contributed by atoms with Gasteiger partial charge in [0.15, 0.2) is 11.0 Å². The van der Waals surface area contributed by atoms with Gasteiger partial charge in [-0.2, -0.15) is 0 Å². The molecule has 0 saturated carbocycles.